The lowest BCUT2D eigenvalue weighted by molar-refractivity contribution is -0.126. The first-order valence-corrected chi connectivity index (χ1v) is 8.76. The van der Waals surface area contributed by atoms with E-state index in [1.54, 1.807) is 6.20 Å². The van der Waals surface area contributed by atoms with Crippen LogP contribution in [0.1, 0.15) is 28.9 Å². The molecule has 0 bridgehead atoms. The van der Waals surface area contributed by atoms with Crippen molar-refractivity contribution in [1.29, 1.82) is 0 Å². The largest absolute Gasteiger partial charge is 0.355 e. The van der Waals surface area contributed by atoms with Crippen LogP contribution in [0.2, 0.25) is 0 Å². The van der Waals surface area contributed by atoms with Crippen LogP contribution in [0.3, 0.4) is 0 Å². The SMILES string of the molecule is O=C(NCCc1ccccn1)C1CCN(C(=O)c2ccccc2)CC1. The van der Waals surface area contributed by atoms with Gasteiger partial charge in [-0.05, 0) is 37.1 Å². The number of carbonyl (C=O) groups excluding carboxylic acids is 2. The predicted octanol–water partition coefficient (Wildman–Crippen LogP) is 2.29. The third-order valence-electron chi connectivity index (χ3n) is 4.58. The standard InChI is InChI=1S/C20H23N3O2/c24-19(22-13-9-18-8-4-5-12-21-18)16-10-14-23(15-11-16)20(25)17-6-2-1-3-7-17/h1-8,12,16H,9-11,13-15H2,(H,22,24). The predicted molar refractivity (Wildman–Crippen MR) is 96.0 cm³/mol. The molecule has 1 fully saturated rings. The summed E-state index contributed by atoms with van der Waals surface area (Å²) in [7, 11) is 0. The number of pyridine rings is 1. The molecule has 0 aliphatic carbocycles. The Morgan fingerprint density at radius 1 is 1.04 bits per heavy atom. The Bertz CT molecular complexity index is 695. The first-order chi connectivity index (χ1) is 12.2. The second-order valence-corrected chi connectivity index (χ2v) is 6.29. The third kappa shape index (κ3) is 4.66. The van der Waals surface area contributed by atoms with Crippen LogP contribution in [0.4, 0.5) is 0 Å². The Balaban J connectivity index is 1.42. The zero-order valence-corrected chi connectivity index (χ0v) is 14.2. The van der Waals surface area contributed by atoms with E-state index in [4.69, 9.17) is 0 Å². The highest BCUT2D eigenvalue weighted by molar-refractivity contribution is 5.94. The number of piperidine rings is 1. The highest BCUT2D eigenvalue weighted by Gasteiger charge is 2.27. The summed E-state index contributed by atoms with van der Waals surface area (Å²) in [6, 6.07) is 15.1. The van der Waals surface area contributed by atoms with Crippen LogP contribution in [-0.2, 0) is 11.2 Å². The van der Waals surface area contributed by atoms with Crippen LogP contribution in [0, 0.1) is 5.92 Å². The monoisotopic (exact) mass is 337 g/mol. The van der Waals surface area contributed by atoms with Gasteiger partial charge in [-0.15, -0.1) is 0 Å². The zero-order chi connectivity index (χ0) is 17.5. The Labute approximate surface area is 148 Å². The fourth-order valence-corrected chi connectivity index (χ4v) is 3.11. The van der Waals surface area contributed by atoms with E-state index in [0.29, 0.717) is 38.0 Å². The number of aromatic nitrogens is 1. The second-order valence-electron chi connectivity index (χ2n) is 6.29. The van der Waals surface area contributed by atoms with Gasteiger partial charge >= 0.3 is 0 Å². The number of nitrogens with one attached hydrogen (secondary N) is 1. The number of likely N-dealkylation sites (tertiary alicyclic amines) is 1. The zero-order valence-electron chi connectivity index (χ0n) is 14.2. The molecule has 0 radical (unpaired) electrons. The summed E-state index contributed by atoms with van der Waals surface area (Å²) < 4.78 is 0. The topological polar surface area (TPSA) is 62.3 Å². The van der Waals surface area contributed by atoms with Gasteiger partial charge in [0.05, 0.1) is 0 Å². The summed E-state index contributed by atoms with van der Waals surface area (Å²) >= 11 is 0. The Morgan fingerprint density at radius 2 is 1.76 bits per heavy atom. The van der Waals surface area contributed by atoms with E-state index in [1.165, 1.54) is 0 Å². The fourth-order valence-electron chi connectivity index (χ4n) is 3.11. The molecule has 2 aromatic rings. The highest BCUT2D eigenvalue weighted by Crippen LogP contribution is 2.19. The van der Waals surface area contributed by atoms with Crippen molar-refractivity contribution in [3.8, 4) is 0 Å². The summed E-state index contributed by atoms with van der Waals surface area (Å²) in [4.78, 5) is 30.8. The van der Waals surface area contributed by atoms with Crippen LogP contribution in [0.5, 0.6) is 0 Å². The highest BCUT2D eigenvalue weighted by atomic mass is 16.2. The van der Waals surface area contributed by atoms with Crippen molar-refractivity contribution in [3.05, 3.63) is 66.0 Å². The van der Waals surface area contributed by atoms with Crippen LogP contribution >= 0.6 is 0 Å². The van der Waals surface area contributed by atoms with E-state index in [9.17, 15) is 9.59 Å². The lowest BCUT2D eigenvalue weighted by Gasteiger charge is -2.31. The molecule has 1 N–H and O–H groups in total. The molecule has 1 aromatic carbocycles. The van der Waals surface area contributed by atoms with Crippen molar-refractivity contribution in [2.45, 2.75) is 19.3 Å². The minimum atomic E-state index is -0.0106. The number of rotatable bonds is 5. The first-order valence-electron chi connectivity index (χ1n) is 8.76. The molecule has 0 atom stereocenters. The van der Waals surface area contributed by atoms with Crippen LogP contribution in [-0.4, -0.2) is 41.3 Å². The fraction of sp³-hybridized carbons (Fsp3) is 0.350. The van der Waals surface area contributed by atoms with Crippen molar-refractivity contribution < 1.29 is 9.59 Å². The normalized spacial score (nSPS) is 15.0. The van der Waals surface area contributed by atoms with Gasteiger partial charge in [0.2, 0.25) is 5.91 Å². The average molecular weight is 337 g/mol. The van der Waals surface area contributed by atoms with E-state index in [2.05, 4.69) is 10.3 Å². The van der Waals surface area contributed by atoms with E-state index in [0.717, 1.165) is 12.1 Å². The number of amides is 2. The number of benzene rings is 1. The quantitative estimate of drug-likeness (QED) is 0.910. The molecular formula is C20H23N3O2. The molecule has 2 amide bonds. The number of hydrogen-bond donors (Lipinski definition) is 1. The molecule has 1 aliphatic rings. The van der Waals surface area contributed by atoms with Crippen molar-refractivity contribution in [1.82, 2.24) is 15.2 Å². The van der Waals surface area contributed by atoms with Gasteiger partial charge in [0, 0.05) is 49.4 Å². The maximum atomic E-state index is 12.4. The van der Waals surface area contributed by atoms with Crippen LogP contribution in [0.15, 0.2) is 54.7 Å². The maximum absolute atomic E-state index is 12.4. The summed E-state index contributed by atoms with van der Waals surface area (Å²) in [5.41, 5.74) is 1.69. The summed E-state index contributed by atoms with van der Waals surface area (Å²) in [5, 5.41) is 2.99. The number of carbonyl (C=O) groups is 2. The Morgan fingerprint density at radius 3 is 2.44 bits per heavy atom. The molecule has 5 nitrogen and oxygen atoms in total. The third-order valence-corrected chi connectivity index (χ3v) is 4.58. The van der Waals surface area contributed by atoms with Gasteiger partial charge in [-0.25, -0.2) is 0 Å². The molecule has 25 heavy (non-hydrogen) atoms. The van der Waals surface area contributed by atoms with Gasteiger partial charge in [-0.1, -0.05) is 24.3 Å². The summed E-state index contributed by atoms with van der Waals surface area (Å²) in [6.07, 6.45) is 3.93. The molecule has 3 rings (SSSR count). The summed E-state index contributed by atoms with van der Waals surface area (Å²) in [6.45, 7) is 1.86. The molecular weight excluding hydrogens is 314 g/mol. The van der Waals surface area contributed by atoms with Crippen molar-refractivity contribution >= 4 is 11.8 Å². The van der Waals surface area contributed by atoms with Crippen molar-refractivity contribution in [2.75, 3.05) is 19.6 Å². The molecule has 1 saturated heterocycles. The van der Waals surface area contributed by atoms with E-state index in [-0.39, 0.29) is 17.7 Å². The van der Waals surface area contributed by atoms with Gasteiger partial charge in [-0.3, -0.25) is 14.6 Å². The molecule has 0 unspecified atom stereocenters. The molecule has 2 heterocycles. The smallest absolute Gasteiger partial charge is 0.253 e. The van der Waals surface area contributed by atoms with Crippen LogP contribution in [0.25, 0.3) is 0 Å². The Kier molecular flexibility index (Phi) is 5.77. The van der Waals surface area contributed by atoms with Crippen molar-refractivity contribution in [2.24, 2.45) is 5.92 Å². The molecule has 0 saturated carbocycles. The minimum absolute atomic E-state index is 0.0106. The molecule has 1 aromatic heterocycles. The minimum Gasteiger partial charge on any atom is -0.355 e. The lowest BCUT2D eigenvalue weighted by atomic mass is 9.95. The van der Waals surface area contributed by atoms with E-state index < -0.39 is 0 Å². The van der Waals surface area contributed by atoms with E-state index >= 15 is 0 Å². The van der Waals surface area contributed by atoms with Gasteiger partial charge in [0.15, 0.2) is 0 Å². The van der Waals surface area contributed by atoms with Gasteiger partial charge in [0.25, 0.3) is 5.91 Å². The summed E-state index contributed by atoms with van der Waals surface area (Å²) in [5.74, 6) is 0.126. The second kappa shape index (κ2) is 8.42. The van der Waals surface area contributed by atoms with Crippen molar-refractivity contribution in [3.63, 3.8) is 0 Å². The first kappa shape index (κ1) is 17.1. The average Bonchev–Trinajstić information content (AvgIpc) is 2.69. The molecule has 130 valence electrons. The van der Waals surface area contributed by atoms with Crippen LogP contribution < -0.4 is 5.32 Å². The Hall–Kier alpha value is -2.69. The van der Waals surface area contributed by atoms with E-state index in [1.807, 2.05) is 53.4 Å². The van der Waals surface area contributed by atoms with Gasteiger partial charge in [0.1, 0.15) is 0 Å². The molecule has 0 spiro atoms. The lowest BCUT2D eigenvalue weighted by Crippen LogP contribution is -2.43. The number of nitrogens with zero attached hydrogens (tertiary/aromatic N) is 2. The molecule has 5 heteroatoms. The maximum Gasteiger partial charge on any atom is 0.253 e. The van der Waals surface area contributed by atoms with Gasteiger partial charge < -0.3 is 10.2 Å². The van der Waals surface area contributed by atoms with Gasteiger partial charge in [-0.2, -0.15) is 0 Å². The molecule has 1 aliphatic heterocycles. The number of hydrogen-bond acceptors (Lipinski definition) is 3.